The molecule has 8 heteroatoms. The number of amides is 2. The molecule has 0 radical (unpaired) electrons. The van der Waals surface area contributed by atoms with Crippen LogP contribution in [0.5, 0.6) is 17.2 Å². The first kappa shape index (κ1) is 24.6. The van der Waals surface area contributed by atoms with Gasteiger partial charge in [-0.25, -0.2) is 9.96 Å². The number of para-hydroxylation sites is 3. The lowest BCUT2D eigenvalue weighted by Gasteiger charge is -2.29. The van der Waals surface area contributed by atoms with Gasteiger partial charge in [0, 0.05) is 0 Å². The Bertz CT molecular complexity index is 1280. The van der Waals surface area contributed by atoms with Crippen molar-refractivity contribution in [3.8, 4) is 17.2 Å². The normalized spacial score (nSPS) is 20.8. The average molecular weight is 503 g/mol. The molecule has 0 aromatic heterocycles. The van der Waals surface area contributed by atoms with Crippen molar-refractivity contribution in [2.45, 2.75) is 31.9 Å². The van der Waals surface area contributed by atoms with E-state index in [9.17, 15) is 9.59 Å². The monoisotopic (exact) mass is 502 g/mol. The van der Waals surface area contributed by atoms with E-state index in [1.807, 2.05) is 48.5 Å². The van der Waals surface area contributed by atoms with Gasteiger partial charge in [0.15, 0.2) is 17.6 Å². The number of hydroxylamine groups is 1. The van der Waals surface area contributed by atoms with Crippen LogP contribution in [0.2, 0.25) is 0 Å². The first-order valence-corrected chi connectivity index (χ1v) is 12.4. The van der Waals surface area contributed by atoms with Gasteiger partial charge in [-0.2, -0.15) is 0 Å². The van der Waals surface area contributed by atoms with E-state index in [0.717, 1.165) is 24.1 Å². The van der Waals surface area contributed by atoms with Crippen LogP contribution in [0.4, 0.5) is 11.4 Å². The van der Waals surface area contributed by atoms with E-state index < -0.39 is 24.0 Å². The number of unbranched alkanes of at least 4 members (excludes halogenated alkanes) is 1. The van der Waals surface area contributed by atoms with E-state index in [1.165, 1.54) is 12.0 Å². The summed E-state index contributed by atoms with van der Waals surface area (Å²) >= 11 is 0. The Morgan fingerprint density at radius 2 is 1.57 bits per heavy atom. The molecule has 2 fully saturated rings. The van der Waals surface area contributed by atoms with Crippen molar-refractivity contribution in [2.24, 2.45) is 5.92 Å². The number of carbonyl (C=O) groups is 2. The van der Waals surface area contributed by atoms with E-state index in [1.54, 1.807) is 36.4 Å². The van der Waals surface area contributed by atoms with Gasteiger partial charge < -0.3 is 14.2 Å². The molecule has 0 spiro atoms. The predicted octanol–water partition coefficient (Wildman–Crippen LogP) is 4.93. The molecule has 0 saturated carbocycles. The van der Waals surface area contributed by atoms with Crippen LogP contribution in [0.3, 0.4) is 0 Å². The van der Waals surface area contributed by atoms with Crippen molar-refractivity contribution in [2.75, 3.05) is 30.8 Å². The summed E-state index contributed by atoms with van der Waals surface area (Å²) in [6.07, 6.45) is 0.977. The van der Waals surface area contributed by atoms with E-state index in [2.05, 4.69) is 6.92 Å². The summed E-state index contributed by atoms with van der Waals surface area (Å²) in [4.78, 5) is 34.9. The highest BCUT2D eigenvalue weighted by molar-refractivity contribution is 6.24. The molecule has 2 aliphatic rings. The second-order valence-corrected chi connectivity index (χ2v) is 8.95. The SMILES string of the molecule is CCCCOc1ccc([C@H]2[C@H]3C(=O)N(c4ccccc4OC)C(=O)[C@H]3ON2c2ccccc2)cc1OC. The summed E-state index contributed by atoms with van der Waals surface area (Å²) in [6, 6.07) is 21.5. The van der Waals surface area contributed by atoms with E-state index in [-0.39, 0.29) is 5.91 Å². The highest BCUT2D eigenvalue weighted by atomic mass is 16.7. The molecule has 8 nitrogen and oxygen atoms in total. The number of hydrogen-bond acceptors (Lipinski definition) is 7. The Kier molecular flexibility index (Phi) is 7.01. The molecular weight excluding hydrogens is 472 g/mol. The fourth-order valence-electron chi connectivity index (χ4n) is 4.92. The van der Waals surface area contributed by atoms with E-state index >= 15 is 0 Å². The lowest BCUT2D eigenvalue weighted by atomic mass is 9.90. The van der Waals surface area contributed by atoms with Crippen molar-refractivity contribution in [1.29, 1.82) is 0 Å². The second kappa shape index (κ2) is 10.5. The number of nitrogens with zero attached hydrogens (tertiary/aromatic N) is 2. The van der Waals surface area contributed by atoms with Crippen molar-refractivity contribution in [3.63, 3.8) is 0 Å². The molecule has 3 atom stereocenters. The first-order chi connectivity index (χ1) is 18.1. The van der Waals surface area contributed by atoms with Crippen LogP contribution in [0.25, 0.3) is 0 Å². The fraction of sp³-hybridized carbons (Fsp3) is 0.310. The molecule has 2 saturated heterocycles. The molecule has 2 heterocycles. The van der Waals surface area contributed by atoms with Crippen molar-refractivity contribution in [1.82, 2.24) is 0 Å². The van der Waals surface area contributed by atoms with Gasteiger partial charge in [0.1, 0.15) is 11.7 Å². The average Bonchev–Trinajstić information content (AvgIpc) is 3.45. The molecule has 37 heavy (non-hydrogen) atoms. The van der Waals surface area contributed by atoms with Gasteiger partial charge in [-0.3, -0.25) is 14.4 Å². The molecule has 3 aromatic carbocycles. The third-order valence-corrected chi connectivity index (χ3v) is 6.74. The number of ether oxygens (including phenoxy) is 3. The van der Waals surface area contributed by atoms with Crippen LogP contribution in [0.1, 0.15) is 31.4 Å². The number of fused-ring (bicyclic) bond motifs is 1. The summed E-state index contributed by atoms with van der Waals surface area (Å²) < 4.78 is 17.0. The van der Waals surface area contributed by atoms with E-state index in [0.29, 0.717) is 29.5 Å². The lowest BCUT2D eigenvalue weighted by Crippen LogP contribution is -2.37. The summed E-state index contributed by atoms with van der Waals surface area (Å²) in [5.41, 5.74) is 1.92. The van der Waals surface area contributed by atoms with Gasteiger partial charge in [0.05, 0.1) is 38.2 Å². The van der Waals surface area contributed by atoms with Gasteiger partial charge in [-0.15, -0.1) is 0 Å². The maximum atomic E-state index is 13.9. The minimum atomic E-state index is -0.978. The molecule has 0 unspecified atom stereocenters. The molecule has 192 valence electrons. The largest absolute Gasteiger partial charge is 0.495 e. The Morgan fingerprint density at radius 3 is 2.30 bits per heavy atom. The van der Waals surface area contributed by atoms with Gasteiger partial charge in [-0.1, -0.05) is 49.7 Å². The highest BCUT2D eigenvalue weighted by Crippen LogP contribution is 2.49. The van der Waals surface area contributed by atoms with Crippen LogP contribution in [-0.4, -0.2) is 38.7 Å². The standard InChI is InChI=1S/C29H30N2O6/c1-4-5-17-36-23-16-15-19(18-24(23)35-3)26-25-27(37-31(26)20-11-7-6-8-12-20)29(33)30(28(25)32)21-13-9-10-14-22(21)34-2/h6-16,18,25-27H,4-5,17H2,1-3H3/t25-,26+,27+/m1/s1. The second-order valence-electron chi connectivity index (χ2n) is 8.95. The smallest absolute Gasteiger partial charge is 0.266 e. The van der Waals surface area contributed by atoms with Crippen molar-refractivity contribution in [3.05, 3.63) is 78.4 Å². The van der Waals surface area contributed by atoms with Gasteiger partial charge in [0.25, 0.3) is 5.91 Å². The number of rotatable bonds is 9. The minimum absolute atomic E-state index is 0.342. The lowest BCUT2D eigenvalue weighted by molar-refractivity contribution is -0.126. The number of benzene rings is 3. The van der Waals surface area contributed by atoms with Crippen LogP contribution >= 0.6 is 0 Å². The topological polar surface area (TPSA) is 77.5 Å². The molecule has 2 amide bonds. The number of hydrogen-bond donors (Lipinski definition) is 0. The van der Waals surface area contributed by atoms with Gasteiger partial charge in [0.2, 0.25) is 5.91 Å². The van der Waals surface area contributed by atoms with Crippen LogP contribution in [0, 0.1) is 5.92 Å². The summed E-state index contributed by atoms with van der Waals surface area (Å²) in [7, 11) is 3.10. The maximum Gasteiger partial charge on any atom is 0.266 e. The Hall–Kier alpha value is -4.04. The van der Waals surface area contributed by atoms with Crippen molar-refractivity contribution >= 4 is 23.2 Å². The number of anilines is 2. The molecular formula is C29H30N2O6. The Morgan fingerprint density at radius 1 is 0.838 bits per heavy atom. The first-order valence-electron chi connectivity index (χ1n) is 12.4. The van der Waals surface area contributed by atoms with E-state index in [4.69, 9.17) is 19.0 Å². The summed E-state index contributed by atoms with van der Waals surface area (Å²) in [5.74, 6) is 0.0963. The number of imide groups is 1. The number of methoxy groups -OCH3 is 2. The molecule has 0 bridgehead atoms. The quantitative estimate of drug-likeness (QED) is 0.303. The zero-order valence-corrected chi connectivity index (χ0v) is 21.1. The molecule has 0 N–H and O–H groups in total. The van der Waals surface area contributed by atoms with Gasteiger partial charge >= 0.3 is 0 Å². The molecule has 5 rings (SSSR count). The third kappa shape index (κ3) is 4.38. The van der Waals surface area contributed by atoms with Crippen LogP contribution in [0.15, 0.2) is 72.8 Å². The third-order valence-electron chi connectivity index (χ3n) is 6.74. The highest BCUT2D eigenvalue weighted by Gasteiger charge is 2.60. The Labute approximate surface area is 216 Å². The van der Waals surface area contributed by atoms with Crippen molar-refractivity contribution < 1.29 is 28.6 Å². The zero-order valence-electron chi connectivity index (χ0n) is 21.1. The predicted molar refractivity (Wildman–Crippen MR) is 139 cm³/mol. The summed E-state index contributed by atoms with van der Waals surface area (Å²) in [6.45, 7) is 2.69. The zero-order chi connectivity index (χ0) is 25.9. The fourth-order valence-corrected chi connectivity index (χ4v) is 4.92. The molecule has 3 aromatic rings. The van der Waals surface area contributed by atoms with Crippen LogP contribution in [-0.2, 0) is 14.4 Å². The summed E-state index contributed by atoms with van der Waals surface area (Å²) in [5, 5.41) is 1.66. The van der Waals surface area contributed by atoms with Gasteiger partial charge in [-0.05, 0) is 48.4 Å². The van der Waals surface area contributed by atoms with Crippen LogP contribution < -0.4 is 24.2 Å². The minimum Gasteiger partial charge on any atom is -0.495 e. The maximum absolute atomic E-state index is 13.9. The molecule has 2 aliphatic heterocycles. The number of carbonyl (C=O) groups excluding carboxylic acids is 2. The Balaban J connectivity index is 1.56. The molecule has 0 aliphatic carbocycles.